The highest BCUT2D eigenvalue weighted by atomic mass is 16.5. The van der Waals surface area contributed by atoms with Crippen molar-refractivity contribution in [2.24, 2.45) is 0 Å². The second kappa shape index (κ2) is 9.18. The quantitative estimate of drug-likeness (QED) is 0.421. The molecule has 5 aromatic rings. The normalized spacial score (nSPS) is 10.6. The third-order valence-corrected chi connectivity index (χ3v) is 5.00. The van der Waals surface area contributed by atoms with Gasteiger partial charge in [-0.1, -0.05) is 12.1 Å². The van der Waals surface area contributed by atoms with Crippen LogP contribution in [0.3, 0.4) is 0 Å². The van der Waals surface area contributed by atoms with Gasteiger partial charge in [-0.3, -0.25) is 9.78 Å². The summed E-state index contributed by atoms with van der Waals surface area (Å²) < 4.78 is 7.18. The summed E-state index contributed by atoms with van der Waals surface area (Å²) in [6, 6.07) is 23.4. The molecule has 34 heavy (non-hydrogen) atoms. The molecule has 0 saturated carbocycles. The molecule has 0 radical (unpaired) electrons. The maximum absolute atomic E-state index is 12.4. The van der Waals surface area contributed by atoms with Crippen molar-refractivity contribution >= 4 is 17.2 Å². The summed E-state index contributed by atoms with van der Waals surface area (Å²) in [6.45, 7) is -0.156. The molecule has 0 saturated heterocycles. The number of benzene rings is 2. The number of nitriles is 1. The Morgan fingerprint density at radius 2 is 1.79 bits per heavy atom. The summed E-state index contributed by atoms with van der Waals surface area (Å²) in [5, 5.41) is 24.8. The number of amides is 1. The van der Waals surface area contributed by atoms with Crippen molar-refractivity contribution < 1.29 is 9.53 Å². The van der Waals surface area contributed by atoms with Crippen molar-refractivity contribution in [3.05, 3.63) is 90.8 Å². The molecule has 164 valence electrons. The summed E-state index contributed by atoms with van der Waals surface area (Å²) in [6.07, 6.45) is 3.38. The number of pyridine rings is 1. The number of nitrogens with zero attached hydrogens (tertiary/aromatic N) is 6. The van der Waals surface area contributed by atoms with Crippen molar-refractivity contribution in [2.45, 2.75) is 0 Å². The molecule has 5 rings (SSSR count). The molecule has 0 unspecified atom stereocenters. The van der Waals surface area contributed by atoms with E-state index in [9.17, 15) is 4.79 Å². The number of aromatic nitrogens is 5. The molecular weight excluding hydrogens is 430 g/mol. The Kier molecular flexibility index (Phi) is 5.61. The van der Waals surface area contributed by atoms with E-state index in [0.717, 1.165) is 11.1 Å². The Labute approximate surface area is 194 Å². The Balaban J connectivity index is 1.32. The van der Waals surface area contributed by atoms with E-state index in [4.69, 9.17) is 15.1 Å². The number of hydrogen-bond acceptors (Lipinski definition) is 7. The summed E-state index contributed by atoms with van der Waals surface area (Å²) in [4.78, 5) is 16.4. The molecule has 9 heteroatoms. The zero-order chi connectivity index (χ0) is 23.3. The molecule has 0 aliphatic carbocycles. The first-order valence-electron chi connectivity index (χ1n) is 10.4. The average Bonchev–Trinajstić information content (AvgIpc) is 3.32. The second-order valence-electron chi connectivity index (χ2n) is 7.30. The monoisotopic (exact) mass is 447 g/mol. The first-order chi connectivity index (χ1) is 16.7. The number of anilines is 1. The lowest BCUT2D eigenvalue weighted by Gasteiger charge is -2.09. The van der Waals surface area contributed by atoms with E-state index in [2.05, 4.69) is 20.5 Å². The molecule has 2 aromatic carbocycles. The van der Waals surface area contributed by atoms with Gasteiger partial charge < -0.3 is 10.1 Å². The van der Waals surface area contributed by atoms with Crippen molar-refractivity contribution in [1.82, 2.24) is 24.8 Å². The van der Waals surface area contributed by atoms with Gasteiger partial charge in [0.25, 0.3) is 5.91 Å². The van der Waals surface area contributed by atoms with E-state index in [1.165, 1.54) is 0 Å². The summed E-state index contributed by atoms with van der Waals surface area (Å²) in [5.41, 5.74) is 4.15. The number of fused-ring (bicyclic) bond motifs is 1. The van der Waals surface area contributed by atoms with E-state index >= 15 is 0 Å². The summed E-state index contributed by atoms with van der Waals surface area (Å²) >= 11 is 0. The van der Waals surface area contributed by atoms with Crippen LogP contribution in [0.1, 0.15) is 5.56 Å². The minimum Gasteiger partial charge on any atom is -0.484 e. The van der Waals surface area contributed by atoms with Gasteiger partial charge >= 0.3 is 0 Å². The highest BCUT2D eigenvalue weighted by Gasteiger charge is 2.11. The van der Waals surface area contributed by atoms with E-state index < -0.39 is 0 Å². The van der Waals surface area contributed by atoms with Gasteiger partial charge in [-0.05, 0) is 60.7 Å². The van der Waals surface area contributed by atoms with Gasteiger partial charge in [-0.15, -0.1) is 10.2 Å². The van der Waals surface area contributed by atoms with Gasteiger partial charge in [0.1, 0.15) is 5.75 Å². The molecule has 0 spiro atoms. The largest absolute Gasteiger partial charge is 0.484 e. The topological polar surface area (TPSA) is 118 Å². The molecular formula is C25H17N7O2. The highest BCUT2D eigenvalue weighted by Crippen LogP contribution is 2.23. The fraction of sp³-hybridized carbons (Fsp3) is 0.0400. The van der Waals surface area contributed by atoms with Gasteiger partial charge in [0, 0.05) is 29.2 Å². The maximum atomic E-state index is 12.4. The van der Waals surface area contributed by atoms with Crippen LogP contribution in [0.15, 0.2) is 85.2 Å². The minimum absolute atomic E-state index is 0.156. The lowest BCUT2D eigenvalue weighted by atomic mass is 10.1. The van der Waals surface area contributed by atoms with Crippen LogP contribution in [-0.2, 0) is 4.79 Å². The molecule has 3 heterocycles. The fourth-order valence-corrected chi connectivity index (χ4v) is 3.35. The predicted molar refractivity (Wildman–Crippen MR) is 125 cm³/mol. The molecule has 0 aliphatic heterocycles. The van der Waals surface area contributed by atoms with Crippen LogP contribution in [0.25, 0.3) is 28.3 Å². The summed E-state index contributed by atoms with van der Waals surface area (Å²) in [7, 11) is 0. The first kappa shape index (κ1) is 20.8. The number of carbonyl (C=O) groups is 1. The molecule has 0 atom stereocenters. The summed E-state index contributed by atoms with van der Waals surface area (Å²) in [5.74, 6) is 0.826. The zero-order valence-electron chi connectivity index (χ0n) is 17.8. The van der Waals surface area contributed by atoms with E-state index in [0.29, 0.717) is 34.2 Å². The van der Waals surface area contributed by atoms with Gasteiger partial charge in [0.2, 0.25) is 0 Å². The van der Waals surface area contributed by atoms with Crippen LogP contribution in [-0.4, -0.2) is 37.3 Å². The smallest absolute Gasteiger partial charge is 0.262 e. The predicted octanol–water partition coefficient (Wildman–Crippen LogP) is 3.74. The van der Waals surface area contributed by atoms with Gasteiger partial charge in [-0.25, -0.2) is 0 Å². The number of ether oxygens (including phenoxy) is 1. The van der Waals surface area contributed by atoms with Gasteiger partial charge in [-0.2, -0.15) is 14.9 Å². The number of hydrogen-bond donors (Lipinski definition) is 1. The average molecular weight is 447 g/mol. The van der Waals surface area contributed by atoms with E-state index in [1.54, 1.807) is 47.2 Å². The van der Waals surface area contributed by atoms with Crippen LogP contribution >= 0.6 is 0 Å². The Morgan fingerprint density at radius 1 is 0.971 bits per heavy atom. The lowest BCUT2D eigenvalue weighted by Crippen LogP contribution is -2.20. The van der Waals surface area contributed by atoms with Crippen LogP contribution in [0.4, 0.5) is 5.69 Å². The molecule has 0 aliphatic rings. The third-order valence-electron chi connectivity index (χ3n) is 5.00. The number of nitrogens with one attached hydrogen (secondary N) is 1. The van der Waals surface area contributed by atoms with Crippen LogP contribution < -0.4 is 10.1 Å². The second-order valence-corrected chi connectivity index (χ2v) is 7.30. The lowest BCUT2D eigenvalue weighted by molar-refractivity contribution is -0.118. The van der Waals surface area contributed by atoms with Crippen LogP contribution in [0.5, 0.6) is 5.75 Å². The van der Waals surface area contributed by atoms with Crippen molar-refractivity contribution in [1.29, 1.82) is 5.26 Å². The number of rotatable bonds is 6. The van der Waals surface area contributed by atoms with Gasteiger partial charge in [0.05, 0.1) is 17.3 Å². The Bertz CT molecular complexity index is 1510. The first-order valence-corrected chi connectivity index (χ1v) is 10.4. The van der Waals surface area contributed by atoms with Crippen LogP contribution in [0, 0.1) is 11.3 Å². The van der Waals surface area contributed by atoms with Crippen LogP contribution in [0.2, 0.25) is 0 Å². The Hall–Kier alpha value is -5.10. The van der Waals surface area contributed by atoms with E-state index in [-0.39, 0.29) is 12.5 Å². The van der Waals surface area contributed by atoms with Gasteiger partial charge in [0.15, 0.2) is 18.1 Å². The SMILES string of the molecule is N#Cc1ccc(OCC(=O)Nc2cccc(-c3ccc4nnc(-c5ccncc5)n4n3)c2)cc1. The molecule has 1 N–H and O–H groups in total. The molecule has 3 aromatic heterocycles. The highest BCUT2D eigenvalue weighted by molar-refractivity contribution is 5.92. The molecule has 0 bridgehead atoms. The third kappa shape index (κ3) is 4.42. The minimum atomic E-state index is -0.302. The molecule has 0 fully saturated rings. The number of carbonyl (C=O) groups excluding carboxylic acids is 1. The fourth-order valence-electron chi connectivity index (χ4n) is 3.35. The van der Waals surface area contributed by atoms with Crippen molar-refractivity contribution in [2.75, 3.05) is 11.9 Å². The van der Waals surface area contributed by atoms with Crippen molar-refractivity contribution in [3.8, 4) is 34.5 Å². The molecule has 9 nitrogen and oxygen atoms in total. The van der Waals surface area contributed by atoms with E-state index in [1.807, 2.05) is 48.5 Å². The molecule has 1 amide bonds. The maximum Gasteiger partial charge on any atom is 0.262 e. The Morgan fingerprint density at radius 3 is 2.59 bits per heavy atom. The standard InChI is InChI=1S/C25H17N7O2/c26-15-17-4-6-21(7-5-17)34-16-24(33)28-20-3-1-2-19(14-20)22-8-9-23-29-30-25(32(23)31-22)18-10-12-27-13-11-18/h1-14H,16H2,(H,28,33). The van der Waals surface area contributed by atoms with Crippen molar-refractivity contribution in [3.63, 3.8) is 0 Å². The zero-order valence-corrected chi connectivity index (χ0v) is 17.8.